The largest absolute Gasteiger partial charge is 0.395 e. The number of hydrogen-bond acceptors (Lipinski definition) is 3. The zero-order chi connectivity index (χ0) is 13.7. The summed E-state index contributed by atoms with van der Waals surface area (Å²) >= 11 is 3.36. The van der Waals surface area contributed by atoms with E-state index in [2.05, 4.69) is 26.1 Å². The Morgan fingerprint density at radius 1 is 1.42 bits per heavy atom. The van der Waals surface area contributed by atoms with Gasteiger partial charge in [0.2, 0.25) is 5.91 Å². The molecule has 5 heteroatoms. The Labute approximate surface area is 121 Å². The van der Waals surface area contributed by atoms with Crippen LogP contribution in [-0.4, -0.2) is 41.7 Å². The lowest BCUT2D eigenvalue weighted by atomic mass is 10.2. The maximum Gasteiger partial charge on any atom is 0.225 e. The molecule has 1 aromatic rings. The molecule has 1 atom stereocenters. The molecule has 1 heterocycles. The molecule has 2 N–H and O–H groups in total. The van der Waals surface area contributed by atoms with Gasteiger partial charge < -0.3 is 10.4 Å². The van der Waals surface area contributed by atoms with E-state index in [0.29, 0.717) is 13.0 Å². The summed E-state index contributed by atoms with van der Waals surface area (Å²) in [5.74, 6) is 0.0194. The number of aliphatic hydroxyl groups is 1. The van der Waals surface area contributed by atoms with Crippen LogP contribution < -0.4 is 5.32 Å². The van der Waals surface area contributed by atoms with Gasteiger partial charge in [-0.2, -0.15) is 0 Å². The van der Waals surface area contributed by atoms with E-state index in [0.717, 1.165) is 29.5 Å². The van der Waals surface area contributed by atoms with Crippen LogP contribution in [0.25, 0.3) is 0 Å². The number of rotatable bonds is 5. The number of nitrogens with zero attached hydrogens (tertiary/aromatic N) is 1. The number of carbonyl (C=O) groups is 1. The van der Waals surface area contributed by atoms with Crippen molar-refractivity contribution in [2.24, 2.45) is 0 Å². The Morgan fingerprint density at radius 2 is 2.16 bits per heavy atom. The molecule has 1 amide bonds. The van der Waals surface area contributed by atoms with Crippen LogP contribution in [0.1, 0.15) is 19.3 Å². The molecule has 2 rings (SSSR count). The lowest BCUT2D eigenvalue weighted by Crippen LogP contribution is -2.34. The third kappa shape index (κ3) is 4.30. The van der Waals surface area contributed by atoms with Gasteiger partial charge in [-0.15, -0.1) is 0 Å². The first-order valence-electron chi connectivity index (χ1n) is 6.59. The molecule has 1 aliphatic heterocycles. The Hall–Kier alpha value is -0.910. The van der Waals surface area contributed by atoms with E-state index in [4.69, 9.17) is 0 Å². The highest BCUT2D eigenvalue weighted by atomic mass is 79.9. The first-order valence-corrected chi connectivity index (χ1v) is 7.38. The zero-order valence-electron chi connectivity index (χ0n) is 10.8. The number of carbonyl (C=O) groups excluding carboxylic acids is 1. The van der Waals surface area contributed by atoms with E-state index in [1.807, 2.05) is 24.3 Å². The summed E-state index contributed by atoms with van der Waals surface area (Å²) in [6, 6.07) is 7.78. The molecule has 0 saturated carbocycles. The van der Waals surface area contributed by atoms with Crippen molar-refractivity contribution < 1.29 is 9.90 Å². The minimum Gasteiger partial charge on any atom is -0.395 e. The van der Waals surface area contributed by atoms with Crippen molar-refractivity contribution in [1.82, 2.24) is 4.90 Å². The average Bonchev–Trinajstić information content (AvgIpc) is 2.86. The summed E-state index contributed by atoms with van der Waals surface area (Å²) in [7, 11) is 0. The van der Waals surface area contributed by atoms with Gasteiger partial charge in [0.1, 0.15) is 0 Å². The second-order valence-electron chi connectivity index (χ2n) is 4.82. The summed E-state index contributed by atoms with van der Waals surface area (Å²) in [5, 5.41) is 12.1. The minimum absolute atomic E-state index is 0.0194. The minimum atomic E-state index is 0.0194. The first-order chi connectivity index (χ1) is 9.19. The fourth-order valence-corrected chi connectivity index (χ4v) is 2.66. The molecule has 0 aromatic heterocycles. The van der Waals surface area contributed by atoms with Gasteiger partial charge in [-0.25, -0.2) is 0 Å². The number of hydrogen-bond donors (Lipinski definition) is 2. The SMILES string of the molecule is O=C(CCN1CCCC1CO)Nc1ccc(Br)cc1. The average molecular weight is 327 g/mol. The quantitative estimate of drug-likeness (QED) is 0.872. The molecule has 0 bridgehead atoms. The number of aliphatic hydroxyl groups excluding tert-OH is 1. The van der Waals surface area contributed by atoms with Gasteiger partial charge in [0.25, 0.3) is 0 Å². The predicted octanol–water partition coefficient (Wildman–Crippen LogP) is 2.23. The van der Waals surface area contributed by atoms with Crippen molar-refractivity contribution in [3.05, 3.63) is 28.7 Å². The van der Waals surface area contributed by atoms with Crippen LogP contribution in [0.3, 0.4) is 0 Å². The van der Waals surface area contributed by atoms with Gasteiger partial charge in [-0.05, 0) is 43.7 Å². The van der Waals surface area contributed by atoms with Crippen molar-refractivity contribution in [3.8, 4) is 0 Å². The van der Waals surface area contributed by atoms with E-state index in [9.17, 15) is 9.90 Å². The van der Waals surface area contributed by atoms with Crippen molar-refractivity contribution in [1.29, 1.82) is 0 Å². The Kier molecular flexibility index (Phi) is 5.36. The number of anilines is 1. The van der Waals surface area contributed by atoms with Crippen LogP contribution in [0.15, 0.2) is 28.7 Å². The summed E-state index contributed by atoms with van der Waals surface area (Å²) in [5.41, 5.74) is 0.813. The van der Waals surface area contributed by atoms with Crippen LogP contribution in [0.2, 0.25) is 0 Å². The third-order valence-corrected chi connectivity index (χ3v) is 3.99. The number of amides is 1. The molecule has 19 heavy (non-hydrogen) atoms. The Bertz CT molecular complexity index is 422. The first kappa shape index (κ1) is 14.5. The van der Waals surface area contributed by atoms with E-state index in [1.165, 1.54) is 0 Å². The summed E-state index contributed by atoms with van der Waals surface area (Å²) in [4.78, 5) is 14.0. The zero-order valence-corrected chi connectivity index (χ0v) is 12.4. The monoisotopic (exact) mass is 326 g/mol. The molecule has 0 radical (unpaired) electrons. The lowest BCUT2D eigenvalue weighted by molar-refractivity contribution is -0.116. The Balaban J connectivity index is 1.77. The lowest BCUT2D eigenvalue weighted by Gasteiger charge is -2.22. The van der Waals surface area contributed by atoms with Gasteiger partial charge >= 0.3 is 0 Å². The standard InChI is InChI=1S/C14H19BrN2O2/c15-11-3-5-12(6-4-11)16-14(19)7-9-17-8-1-2-13(17)10-18/h3-6,13,18H,1-2,7-10H2,(H,16,19). The molecule has 0 spiro atoms. The van der Waals surface area contributed by atoms with Gasteiger partial charge in [0, 0.05) is 29.2 Å². The molecule has 1 unspecified atom stereocenters. The van der Waals surface area contributed by atoms with Crippen LogP contribution in [0, 0.1) is 0 Å². The summed E-state index contributed by atoms with van der Waals surface area (Å²) in [6.45, 7) is 1.89. The molecule has 0 aliphatic carbocycles. The summed E-state index contributed by atoms with van der Waals surface area (Å²) < 4.78 is 0.994. The Morgan fingerprint density at radius 3 is 2.84 bits per heavy atom. The van der Waals surface area contributed by atoms with Crippen LogP contribution in [-0.2, 0) is 4.79 Å². The number of halogens is 1. The molecular formula is C14H19BrN2O2. The molecular weight excluding hydrogens is 308 g/mol. The van der Waals surface area contributed by atoms with E-state index in [-0.39, 0.29) is 18.6 Å². The third-order valence-electron chi connectivity index (χ3n) is 3.46. The van der Waals surface area contributed by atoms with E-state index in [1.54, 1.807) is 0 Å². The maximum absolute atomic E-state index is 11.8. The van der Waals surface area contributed by atoms with Crippen LogP contribution >= 0.6 is 15.9 Å². The van der Waals surface area contributed by atoms with Gasteiger partial charge in [0.15, 0.2) is 0 Å². The second-order valence-corrected chi connectivity index (χ2v) is 5.74. The van der Waals surface area contributed by atoms with Crippen molar-refractivity contribution in [2.75, 3.05) is 25.0 Å². The fourth-order valence-electron chi connectivity index (χ4n) is 2.40. The molecule has 4 nitrogen and oxygen atoms in total. The molecule has 1 aliphatic rings. The molecule has 1 fully saturated rings. The highest BCUT2D eigenvalue weighted by Crippen LogP contribution is 2.17. The van der Waals surface area contributed by atoms with Crippen LogP contribution in [0.5, 0.6) is 0 Å². The van der Waals surface area contributed by atoms with Gasteiger partial charge in [-0.3, -0.25) is 9.69 Å². The number of benzene rings is 1. The normalized spacial score (nSPS) is 19.6. The summed E-state index contributed by atoms with van der Waals surface area (Å²) in [6.07, 6.45) is 2.61. The van der Waals surface area contributed by atoms with Gasteiger partial charge in [0.05, 0.1) is 6.61 Å². The maximum atomic E-state index is 11.8. The van der Waals surface area contributed by atoms with E-state index >= 15 is 0 Å². The van der Waals surface area contributed by atoms with Gasteiger partial charge in [-0.1, -0.05) is 15.9 Å². The van der Waals surface area contributed by atoms with Crippen molar-refractivity contribution >= 4 is 27.5 Å². The highest BCUT2D eigenvalue weighted by Gasteiger charge is 2.23. The van der Waals surface area contributed by atoms with Crippen molar-refractivity contribution in [3.63, 3.8) is 0 Å². The van der Waals surface area contributed by atoms with E-state index < -0.39 is 0 Å². The molecule has 104 valence electrons. The number of nitrogens with one attached hydrogen (secondary N) is 1. The molecule has 1 aromatic carbocycles. The van der Waals surface area contributed by atoms with Crippen molar-refractivity contribution in [2.45, 2.75) is 25.3 Å². The number of likely N-dealkylation sites (tertiary alicyclic amines) is 1. The second kappa shape index (κ2) is 7.03. The molecule has 1 saturated heterocycles. The highest BCUT2D eigenvalue weighted by molar-refractivity contribution is 9.10. The smallest absolute Gasteiger partial charge is 0.225 e. The fraction of sp³-hybridized carbons (Fsp3) is 0.500. The topological polar surface area (TPSA) is 52.6 Å². The van der Waals surface area contributed by atoms with Crippen LogP contribution in [0.4, 0.5) is 5.69 Å². The predicted molar refractivity (Wildman–Crippen MR) is 79.1 cm³/mol.